The van der Waals surface area contributed by atoms with Gasteiger partial charge in [-0.25, -0.2) is 0 Å². The first-order valence-electron chi connectivity index (χ1n) is 3.75. The summed E-state index contributed by atoms with van der Waals surface area (Å²) in [6.07, 6.45) is 1.65. The summed E-state index contributed by atoms with van der Waals surface area (Å²) in [6.45, 7) is 4.57. The molecule has 0 fully saturated rings. The monoisotopic (exact) mass is 155 g/mol. The third-order valence-corrected chi connectivity index (χ3v) is 1.37. The zero-order valence-corrected chi connectivity index (χ0v) is 6.83. The quantitative estimate of drug-likeness (QED) is 0.674. The molecule has 0 saturated heterocycles. The lowest BCUT2D eigenvalue weighted by Crippen LogP contribution is -2.18. The zero-order chi connectivity index (χ0) is 8.10. The molecular weight excluding hydrogens is 142 g/mol. The minimum absolute atomic E-state index is 0.116. The van der Waals surface area contributed by atoms with Gasteiger partial charge < -0.3 is 9.25 Å². The fraction of sp³-hybridized carbons (Fsp3) is 0.500. The van der Waals surface area contributed by atoms with E-state index in [-0.39, 0.29) is 6.04 Å². The van der Waals surface area contributed by atoms with Crippen LogP contribution in [-0.2, 0) is 4.84 Å². The topological polar surface area (TPSA) is 34.4 Å². The van der Waals surface area contributed by atoms with Gasteiger partial charge in [0, 0.05) is 0 Å². The van der Waals surface area contributed by atoms with E-state index in [1.165, 1.54) is 0 Å². The van der Waals surface area contributed by atoms with Gasteiger partial charge in [-0.3, -0.25) is 0 Å². The van der Waals surface area contributed by atoms with Crippen LogP contribution in [0.2, 0.25) is 0 Å². The van der Waals surface area contributed by atoms with Crippen molar-refractivity contribution in [2.45, 2.75) is 19.9 Å². The molecule has 1 aromatic rings. The lowest BCUT2D eigenvalue weighted by molar-refractivity contribution is 0.0235. The van der Waals surface area contributed by atoms with Crippen molar-refractivity contribution in [1.29, 1.82) is 0 Å². The highest BCUT2D eigenvalue weighted by molar-refractivity contribution is 5.01. The number of hydrogen-bond acceptors (Lipinski definition) is 3. The molecule has 3 nitrogen and oxygen atoms in total. The highest BCUT2D eigenvalue weighted by Gasteiger charge is 2.05. The number of hydrogen-bond donors (Lipinski definition) is 1. The van der Waals surface area contributed by atoms with Crippen molar-refractivity contribution >= 4 is 0 Å². The number of furan rings is 1. The molecule has 1 heterocycles. The summed E-state index contributed by atoms with van der Waals surface area (Å²) in [5, 5.41) is 0. The van der Waals surface area contributed by atoms with Crippen molar-refractivity contribution in [2.24, 2.45) is 0 Å². The summed E-state index contributed by atoms with van der Waals surface area (Å²) >= 11 is 0. The minimum Gasteiger partial charge on any atom is -0.468 e. The van der Waals surface area contributed by atoms with E-state index in [1.807, 2.05) is 26.0 Å². The fourth-order valence-corrected chi connectivity index (χ4v) is 0.804. The molecule has 0 saturated carbocycles. The first-order valence-corrected chi connectivity index (χ1v) is 3.75. The van der Waals surface area contributed by atoms with Crippen LogP contribution in [0.15, 0.2) is 22.8 Å². The smallest absolute Gasteiger partial charge is 0.122 e. The molecule has 1 atom stereocenters. The van der Waals surface area contributed by atoms with E-state index in [2.05, 4.69) is 5.48 Å². The number of nitrogens with one attached hydrogen (secondary N) is 1. The highest BCUT2D eigenvalue weighted by atomic mass is 16.6. The molecule has 1 N–H and O–H groups in total. The average molecular weight is 155 g/mol. The molecule has 1 aromatic heterocycles. The standard InChI is InChI=1S/C8H13NO2/c1-3-11-9-7(2)8-5-4-6-10-8/h4-7,9H,3H2,1-2H3. The molecule has 11 heavy (non-hydrogen) atoms. The van der Waals surface area contributed by atoms with Crippen LogP contribution in [0.3, 0.4) is 0 Å². The average Bonchev–Trinajstić information content (AvgIpc) is 2.52. The summed E-state index contributed by atoms with van der Waals surface area (Å²) in [7, 11) is 0. The lowest BCUT2D eigenvalue weighted by Gasteiger charge is -2.09. The molecular formula is C8H13NO2. The predicted octanol–water partition coefficient (Wildman–Crippen LogP) is 1.88. The van der Waals surface area contributed by atoms with E-state index in [0.29, 0.717) is 6.61 Å². The lowest BCUT2D eigenvalue weighted by atomic mass is 10.3. The fourth-order valence-electron chi connectivity index (χ4n) is 0.804. The maximum absolute atomic E-state index is 5.15. The Hall–Kier alpha value is -0.800. The molecule has 62 valence electrons. The summed E-state index contributed by atoms with van der Waals surface area (Å²) in [6, 6.07) is 3.89. The molecule has 0 aromatic carbocycles. The van der Waals surface area contributed by atoms with Gasteiger partial charge in [0.2, 0.25) is 0 Å². The summed E-state index contributed by atoms with van der Waals surface area (Å²) in [5.74, 6) is 0.887. The molecule has 0 aliphatic heterocycles. The molecule has 0 aliphatic rings. The zero-order valence-electron chi connectivity index (χ0n) is 6.83. The van der Waals surface area contributed by atoms with Crippen LogP contribution in [0.4, 0.5) is 0 Å². The first kappa shape index (κ1) is 8.30. The Kier molecular flexibility index (Phi) is 3.14. The van der Waals surface area contributed by atoms with Gasteiger partial charge in [-0.1, -0.05) is 0 Å². The van der Waals surface area contributed by atoms with Gasteiger partial charge in [-0.15, -0.1) is 0 Å². The van der Waals surface area contributed by atoms with E-state index in [9.17, 15) is 0 Å². The van der Waals surface area contributed by atoms with Crippen LogP contribution in [0, 0.1) is 0 Å². The predicted molar refractivity (Wildman–Crippen MR) is 41.9 cm³/mol. The van der Waals surface area contributed by atoms with Crippen LogP contribution in [-0.4, -0.2) is 6.61 Å². The Morgan fingerprint density at radius 3 is 3.09 bits per heavy atom. The molecule has 0 spiro atoms. The van der Waals surface area contributed by atoms with Gasteiger partial charge in [0.1, 0.15) is 5.76 Å². The Morgan fingerprint density at radius 2 is 2.55 bits per heavy atom. The van der Waals surface area contributed by atoms with Crippen LogP contribution >= 0.6 is 0 Å². The summed E-state index contributed by atoms with van der Waals surface area (Å²) < 4.78 is 5.15. The van der Waals surface area contributed by atoms with Crippen molar-refractivity contribution in [3.05, 3.63) is 24.2 Å². The maximum Gasteiger partial charge on any atom is 0.122 e. The maximum atomic E-state index is 5.15. The second-order valence-electron chi connectivity index (χ2n) is 2.29. The molecule has 0 aliphatic carbocycles. The van der Waals surface area contributed by atoms with Crippen molar-refractivity contribution < 1.29 is 9.25 Å². The minimum atomic E-state index is 0.116. The van der Waals surface area contributed by atoms with Crippen molar-refractivity contribution in [3.8, 4) is 0 Å². The van der Waals surface area contributed by atoms with Crippen LogP contribution < -0.4 is 5.48 Å². The van der Waals surface area contributed by atoms with E-state index >= 15 is 0 Å². The molecule has 0 amide bonds. The number of hydroxylamine groups is 1. The number of rotatable bonds is 4. The van der Waals surface area contributed by atoms with E-state index in [4.69, 9.17) is 9.25 Å². The summed E-state index contributed by atoms with van der Waals surface area (Å²) in [4.78, 5) is 5.01. The Bertz CT molecular complexity index is 184. The van der Waals surface area contributed by atoms with Gasteiger partial charge in [0.15, 0.2) is 0 Å². The molecule has 0 bridgehead atoms. The van der Waals surface area contributed by atoms with Crippen molar-refractivity contribution in [3.63, 3.8) is 0 Å². The third kappa shape index (κ3) is 2.37. The van der Waals surface area contributed by atoms with Crippen molar-refractivity contribution in [1.82, 2.24) is 5.48 Å². The van der Waals surface area contributed by atoms with Gasteiger partial charge in [0.05, 0.1) is 18.9 Å². The van der Waals surface area contributed by atoms with Crippen LogP contribution in [0.25, 0.3) is 0 Å². The largest absolute Gasteiger partial charge is 0.468 e. The molecule has 1 unspecified atom stereocenters. The van der Waals surface area contributed by atoms with Gasteiger partial charge in [0.25, 0.3) is 0 Å². The molecule has 3 heteroatoms. The third-order valence-electron chi connectivity index (χ3n) is 1.37. The summed E-state index contributed by atoms with van der Waals surface area (Å²) in [5.41, 5.74) is 2.84. The van der Waals surface area contributed by atoms with E-state index in [0.717, 1.165) is 5.76 Å². The van der Waals surface area contributed by atoms with Gasteiger partial charge in [-0.2, -0.15) is 5.48 Å². The Labute approximate surface area is 66.3 Å². The molecule has 1 rings (SSSR count). The molecule has 0 radical (unpaired) electrons. The Morgan fingerprint density at radius 1 is 1.73 bits per heavy atom. The van der Waals surface area contributed by atoms with Crippen LogP contribution in [0.1, 0.15) is 25.6 Å². The van der Waals surface area contributed by atoms with Gasteiger partial charge in [-0.05, 0) is 26.0 Å². The van der Waals surface area contributed by atoms with Gasteiger partial charge >= 0.3 is 0 Å². The van der Waals surface area contributed by atoms with E-state index < -0.39 is 0 Å². The van der Waals surface area contributed by atoms with Crippen LogP contribution in [0.5, 0.6) is 0 Å². The second-order valence-corrected chi connectivity index (χ2v) is 2.29. The van der Waals surface area contributed by atoms with Crippen molar-refractivity contribution in [2.75, 3.05) is 6.61 Å². The normalized spacial score (nSPS) is 13.3. The highest BCUT2D eigenvalue weighted by Crippen LogP contribution is 2.11. The second kappa shape index (κ2) is 4.16. The first-order chi connectivity index (χ1) is 5.34. The van der Waals surface area contributed by atoms with E-state index in [1.54, 1.807) is 6.26 Å². The SMILES string of the molecule is CCONC(C)c1ccco1. The Balaban J connectivity index is 2.36.